The van der Waals surface area contributed by atoms with Gasteiger partial charge in [0.15, 0.2) is 0 Å². The predicted molar refractivity (Wildman–Crippen MR) is 63.1 cm³/mol. The monoisotopic (exact) mass is 288 g/mol. The third-order valence-electron chi connectivity index (χ3n) is 2.03. The number of carbonyl (C=O) groups excluding carboxylic acids is 2. The molecule has 0 aromatic rings. The van der Waals surface area contributed by atoms with E-state index in [0.717, 1.165) is 10.9 Å². The number of amidine groups is 1. The highest BCUT2D eigenvalue weighted by Crippen LogP contribution is 2.16. The van der Waals surface area contributed by atoms with Crippen LogP contribution in [0, 0.1) is 0 Å². The molecule has 6 heteroatoms. The fourth-order valence-corrected chi connectivity index (χ4v) is 1.45. The molecule has 1 aliphatic heterocycles. The molecule has 0 spiro atoms. The average Bonchev–Trinajstić information content (AvgIpc) is 2.29. The Morgan fingerprint density at radius 1 is 1.50 bits per heavy atom. The van der Waals surface area contributed by atoms with Crippen molar-refractivity contribution in [3.8, 4) is 0 Å². The highest BCUT2D eigenvalue weighted by atomic mass is 79.9. The van der Waals surface area contributed by atoms with Gasteiger partial charge in [0.05, 0.1) is 13.5 Å². The number of hydrogen-bond donors (Lipinski definition) is 1. The van der Waals surface area contributed by atoms with Crippen molar-refractivity contribution in [3.05, 3.63) is 10.7 Å². The van der Waals surface area contributed by atoms with Crippen LogP contribution in [0.25, 0.3) is 0 Å². The predicted octanol–water partition coefficient (Wildman–Crippen LogP) is 1.48. The van der Waals surface area contributed by atoms with Gasteiger partial charge >= 0.3 is 5.97 Å². The van der Waals surface area contributed by atoms with E-state index >= 15 is 0 Å². The number of methoxy groups -OCH3 is 1. The van der Waals surface area contributed by atoms with Crippen LogP contribution < -0.4 is 5.32 Å². The van der Waals surface area contributed by atoms with Gasteiger partial charge in [-0.1, -0.05) is 15.9 Å². The fraction of sp³-hybridized carbons (Fsp3) is 0.500. The fourth-order valence-electron chi connectivity index (χ4n) is 1.15. The van der Waals surface area contributed by atoms with Gasteiger partial charge in [0.1, 0.15) is 5.84 Å². The lowest BCUT2D eigenvalue weighted by molar-refractivity contribution is -0.142. The van der Waals surface area contributed by atoms with Gasteiger partial charge in [-0.25, -0.2) is 4.99 Å². The van der Waals surface area contributed by atoms with E-state index in [-0.39, 0.29) is 24.7 Å². The van der Waals surface area contributed by atoms with E-state index in [9.17, 15) is 9.59 Å². The summed E-state index contributed by atoms with van der Waals surface area (Å²) >= 11 is 3.32. The highest BCUT2D eigenvalue weighted by Gasteiger charge is 2.11. The van der Waals surface area contributed by atoms with Crippen LogP contribution in [-0.4, -0.2) is 24.8 Å². The number of nitrogens with zero attached hydrogens (tertiary/aromatic N) is 1. The van der Waals surface area contributed by atoms with Crippen LogP contribution in [0.1, 0.15) is 25.7 Å². The van der Waals surface area contributed by atoms with Crippen LogP contribution in [0.15, 0.2) is 15.7 Å². The zero-order valence-electron chi connectivity index (χ0n) is 8.96. The number of ether oxygens (including phenoxy) is 1. The second kappa shape index (κ2) is 6.42. The lowest BCUT2D eigenvalue weighted by Crippen LogP contribution is -2.31. The number of nitrogens with one attached hydrogen (secondary N) is 1. The summed E-state index contributed by atoms with van der Waals surface area (Å²) in [5.74, 6) is 0.0389. The Morgan fingerprint density at radius 2 is 2.25 bits per heavy atom. The molecule has 0 atom stereocenters. The van der Waals surface area contributed by atoms with E-state index in [2.05, 4.69) is 31.0 Å². The summed E-state index contributed by atoms with van der Waals surface area (Å²) in [4.78, 5) is 26.2. The molecule has 88 valence electrons. The molecule has 1 rings (SSSR count). The Balaban J connectivity index is 2.32. The van der Waals surface area contributed by atoms with E-state index in [0.29, 0.717) is 12.3 Å². The summed E-state index contributed by atoms with van der Waals surface area (Å²) < 4.78 is 5.45. The largest absolute Gasteiger partial charge is 0.469 e. The molecule has 0 aromatic carbocycles. The Kier molecular flexibility index (Phi) is 5.18. The lowest BCUT2D eigenvalue weighted by atomic mass is 10.2. The normalized spacial score (nSPS) is 14.9. The van der Waals surface area contributed by atoms with Gasteiger partial charge in [-0.05, 0) is 6.42 Å². The van der Waals surface area contributed by atoms with Crippen molar-refractivity contribution in [2.24, 2.45) is 4.99 Å². The minimum Gasteiger partial charge on any atom is -0.469 e. The molecule has 0 saturated heterocycles. The van der Waals surface area contributed by atoms with Crippen molar-refractivity contribution < 1.29 is 14.3 Å². The molecule has 0 unspecified atom stereocenters. The first-order valence-corrected chi connectivity index (χ1v) is 5.69. The van der Waals surface area contributed by atoms with E-state index < -0.39 is 0 Å². The number of aliphatic imine (C=N–C) groups is 1. The van der Waals surface area contributed by atoms with Gasteiger partial charge in [-0.15, -0.1) is 0 Å². The van der Waals surface area contributed by atoms with Crippen molar-refractivity contribution in [1.82, 2.24) is 5.32 Å². The number of halogens is 1. The second-order valence-electron chi connectivity index (χ2n) is 3.28. The standard InChI is InChI=1S/C10H13BrN2O3/c1-16-10(15)5-4-9(14)13-8-3-2-7(11)6-12-8/h6H,2-5H2,1H3,(H,12,13,14). The highest BCUT2D eigenvalue weighted by molar-refractivity contribution is 9.11. The van der Waals surface area contributed by atoms with E-state index in [4.69, 9.17) is 0 Å². The minimum atomic E-state index is -0.386. The number of esters is 1. The molecule has 0 fully saturated rings. The maximum atomic E-state index is 11.4. The summed E-state index contributed by atoms with van der Waals surface area (Å²) in [6.07, 6.45) is 3.41. The Morgan fingerprint density at radius 3 is 2.81 bits per heavy atom. The van der Waals surface area contributed by atoms with E-state index in [1.807, 2.05) is 0 Å². The van der Waals surface area contributed by atoms with Crippen molar-refractivity contribution in [1.29, 1.82) is 0 Å². The van der Waals surface area contributed by atoms with Crippen LogP contribution in [-0.2, 0) is 14.3 Å². The first-order chi connectivity index (χ1) is 7.61. The molecule has 16 heavy (non-hydrogen) atoms. The molecule has 0 saturated carbocycles. The van der Waals surface area contributed by atoms with Crippen molar-refractivity contribution in [2.45, 2.75) is 25.7 Å². The first-order valence-electron chi connectivity index (χ1n) is 4.89. The SMILES string of the molecule is COC(=O)CCC(=O)NC1=NC=C(Br)CC1. The maximum Gasteiger partial charge on any atom is 0.306 e. The van der Waals surface area contributed by atoms with Gasteiger partial charge in [0, 0.05) is 23.5 Å². The zero-order chi connectivity index (χ0) is 12.0. The third kappa shape index (κ3) is 4.57. The van der Waals surface area contributed by atoms with E-state index in [1.165, 1.54) is 7.11 Å². The number of amides is 1. The van der Waals surface area contributed by atoms with Gasteiger partial charge in [-0.2, -0.15) is 0 Å². The molecule has 1 heterocycles. The summed E-state index contributed by atoms with van der Waals surface area (Å²) in [6, 6.07) is 0. The number of rotatable bonds is 3. The van der Waals surface area contributed by atoms with Crippen LogP contribution >= 0.6 is 15.9 Å². The van der Waals surface area contributed by atoms with Crippen LogP contribution in [0.4, 0.5) is 0 Å². The molecular formula is C10H13BrN2O3. The Hall–Kier alpha value is -1.17. The number of hydrogen-bond acceptors (Lipinski definition) is 4. The van der Waals surface area contributed by atoms with Crippen LogP contribution in [0.5, 0.6) is 0 Å². The molecule has 0 radical (unpaired) electrons. The smallest absolute Gasteiger partial charge is 0.306 e. The topological polar surface area (TPSA) is 67.8 Å². The van der Waals surface area contributed by atoms with Crippen LogP contribution in [0.3, 0.4) is 0 Å². The summed E-state index contributed by atoms with van der Waals surface area (Å²) in [5.41, 5.74) is 0. The van der Waals surface area contributed by atoms with Gasteiger partial charge in [-0.3, -0.25) is 9.59 Å². The second-order valence-corrected chi connectivity index (χ2v) is 4.29. The summed E-state index contributed by atoms with van der Waals surface area (Å²) in [5, 5.41) is 2.66. The van der Waals surface area contributed by atoms with Gasteiger partial charge in [0.25, 0.3) is 0 Å². The molecule has 0 aliphatic carbocycles. The number of allylic oxidation sites excluding steroid dienone is 1. The molecule has 0 aromatic heterocycles. The lowest BCUT2D eigenvalue weighted by Gasteiger charge is -2.10. The molecule has 1 N–H and O–H groups in total. The van der Waals surface area contributed by atoms with Crippen molar-refractivity contribution in [3.63, 3.8) is 0 Å². The molecule has 5 nitrogen and oxygen atoms in total. The van der Waals surface area contributed by atoms with Gasteiger partial charge < -0.3 is 10.1 Å². The van der Waals surface area contributed by atoms with Crippen molar-refractivity contribution >= 4 is 33.6 Å². The maximum absolute atomic E-state index is 11.4. The first kappa shape index (κ1) is 12.9. The molecule has 1 amide bonds. The van der Waals surface area contributed by atoms with Gasteiger partial charge in [0.2, 0.25) is 5.91 Å². The summed E-state index contributed by atoms with van der Waals surface area (Å²) in [7, 11) is 1.30. The Bertz CT molecular complexity index is 350. The third-order valence-corrected chi connectivity index (χ3v) is 2.63. The molecular weight excluding hydrogens is 276 g/mol. The van der Waals surface area contributed by atoms with Crippen LogP contribution in [0.2, 0.25) is 0 Å². The Labute approximate surface area is 102 Å². The molecule has 0 bridgehead atoms. The minimum absolute atomic E-state index is 0.0924. The average molecular weight is 289 g/mol. The van der Waals surface area contributed by atoms with E-state index in [1.54, 1.807) is 6.20 Å². The zero-order valence-corrected chi connectivity index (χ0v) is 10.5. The summed E-state index contributed by atoms with van der Waals surface area (Å²) in [6.45, 7) is 0. The molecule has 1 aliphatic rings. The quantitative estimate of drug-likeness (QED) is 0.800. The van der Waals surface area contributed by atoms with Crippen molar-refractivity contribution in [2.75, 3.05) is 7.11 Å². The number of carbonyl (C=O) groups is 2.